The second-order valence-corrected chi connectivity index (χ2v) is 11.6. The minimum absolute atomic E-state index is 0.0906. The summed E-state index contributed by atoms with van der Waals surface area (Å²) in [6.07, 6.45) is 1.62. The van der Waals surface area contributed by atoms with Crippen molar-refractivity contribution in [1.82, 2.24) is 5.32 Å². The second kappa shape index (κ2) is 15.1. The molecule has 0 fully saturated rings. The molecule has 0 heterocycles. The summed E-state index contributed by atoms with van der Waals surface area (Å²) in [5, 5.41) is 8.04. The molecule has 3 amide bonds. The van der Waals surface area contributed by atoms with E-state index < -0.39 is 17.1 Å². The van der Waals surface area contributed by atoms with Crippen LogP contribution in [0.5, 0.6) is 11.5 Å². The average Bonchev–Trinajstić information content (AvgIpc) is 3.02. The molecule has 0 aliphatic carbocycles. The molecule has 0 radical (unpaired) electrons. The van der Waals surface area contributed by atoms with Crippen LogP contribution in [-0.4, -0.2) is 37.2 Å². The number of rotatable bonds is 11. The quantitative estimate of drug-likeness (QED) is 0.118. The predicted octanol–water partition coefficient (Wildman–Crippen LogP) is 7.00. The summed E-state index contributed by atoms with van der Waals surface area (Å²) in [6, 6.07) is 28.4. The number of methoxy groups -OCH3 is 2. The fourth-order valence-electron chi connectivity index (χ4n) is 3.89. The van der Waals surface area contributed by atoms with Gasteiger partial charge in [-0.15, -0.1) is 11.8 Å². The highest BCUT2D eigenvalue weighted by Gasteiger charge is 2.18. The number of anilines is 2. The van der Waals surface area contributed by atoms with Gasteiger partial charge in [0.2, 0.25) is 5.91 Å². The van der Waals surface area contributed by atoms with Crippen LogP contribution in [0.1, 0.15) is 22.8 Å². The van der Waals surface area contributed by atoms with E-state index in [0.717, 1.165) is 14.9 Å². The van der Waals surface area contributed by atoms with E-state index in [2.05, 4.69) is 31.9 Å². The van der Waals surface area contributed by atoms with E-state index >= 15 is 0 Å². The number of ether oxygens (including phenoxy) is 2. The van der Waals surface area contributed by atoms with Crippen LogP contribution >= 0.6 is 27.7 Å². The van der Waals surface area contributed by atoms with Crippen molar-refractivity contribution in [2.24, 2.45) is 0 Å². The molecule has 1 atom stereocenters. The zero-order valence-electron chi connectivity index (χ0n) is 23.7. The average molecular weight is 661 g/mol. The molecule has 220 valence electrons. The fourth-order valence-corrected chi connectivity index (χ4v) is 5.02. The van der Waals surface area contributed by atoms with E-state index in [-0.39, 0.29) is 11.6 Å². The lowest BCUT2D eigenvalue weighted by molar-refractivity contribution is -0.115. The maximum absolute atomic E-state index is 13.3. The zero-order valence-corrected chi connectivity index (χ0v) is 26.1. The van der Waals surface area contributed by atoms with Gasteiger partial charge in [0, 0.05) is 26.7 Å². The molecule has 3 N–H and O–H groups in total. The van der Waals surface area contributed by atoms with Gasteiger partial charge in [0.1, 0.15) is 17.2 Å². The Kier molecular flexibility index (Phi) is 11.0. The van der Waals surface area contributed by atoms with Crippen LogP contribution in [-0.2, 0) is 9.59 Å². The van der Waals surface area contributed by atoms with Crippen LogP contribution in [0.2, 0.25) is 0 Å². The van der Waals surface area contributed by atoms with Crippen molar-refractivity contribution in [2.75, 3.05) is 24.9 Å². The molecule has 0 spiro atoms. The van der Waals surface area contributed by atoms with Gasteiger partial charge in [0.25, 0.3) is 11.8 Å². The molecule has 0 saturated heterocycles. The predicted molar refractivity (Wildman–Crippen MR) is 175 cm³/mol. The first kappa shape index (κ1) is 31.4. The second-order valence-electron chi connectivity index (χ2n) is 9.22. The summed E-state index contributed by atoms with van der Waals surface area (Å²) in [6.45, 7) is 1.80. The first-order valence-corrected chi connectivity index (χ1v) is 14.9. The van der Waals surface area contributed by atoms with Crippen molar-refractivity contribution < 1.29 is 23.9 Å². The number of carbonyl (C=O) groups is 3. The SMILES string of the molecule is COc1ccc(OC)c(NC(=O)C(C)Sc2ccc(NC(=O)/C(=C/c3ccc(Br)cc3)NC(=O)c3ccccc3)cc2)c1. The molecule has 4 aromatic carbocycles. The van der Waals surface area contributed by atoms with E-state index in [4.69, 9.17) is 9.47 Å². The smallest absolute Gasteiger partial charge is 0.272 e. The van der Waals surface area contributed by atoms with Gasteiger partial charge in [-0.25, -0.2) is 0 Å². The van der Waals surface area contributed by atoms with Crippen molar-refractivity contribution >= 4 is 62.9 Å². The number of thioether (sulfide) groups is 1. The first-order chi connectivity index (χ1) is 20.7. The highest BCUT2D eigenvalue weighted by Crippen LogP contribution is 2.31. The van der Waals surface area contributed by atoms with Crippen LogP contribution in [0.3, 0.4) is 0 Å². The number of benzene rings is 4. The molecular formula is C33H30BrN3O5S. The van der Waals surface area contributed by atoms with Gasteiger partial charge in [-0.3, -0.25) is 14.4 Å². The van der Waals surface area contributed by atoms with Crippen LogP contribution in [0.25, 0.3) is 6.08 Å². The Morgan fingerprint density at radius 2 is 1.53 bits per heavy atom. The minimum atomic E-state index is -0.479. The molecule has 4 aromatic rings. The summed E-state index contributed by atoms with van der Waals surface area (Å²) in [5.41, 5.74) is 2.31. The summed E-state index contributed by atoms with van der Waals surface area (Å²) < 4.78 is 11.5. The van der Waals surface area contributed by atoms with Crippen LogP contribution < -0.4 is 25.4 Å². The molecular weight excluding hydrogens is 630 g/mol. The van der Waals surface area contributed by atoms with Gasteiger partial charge in [0.15, 0.2) is 0 Å². The zero-order chi connectivity index (χ0) is 30.8. The molecule has 0 aliphatic rings. The summed E-state index contributed by atoms with van der Waals surface area (Å²) in [4.78, 5) is 39.9. The minimum Gasteiger partial charge on any atom is -0.497 e. The molecule has 0 aliphatic heterocycles. The van der Waals surface area contributed by atoms with Gasteiger partial charge in [-0.05, 0) is 79.2 Å². The van der Waals surface area contributed by atoms with Crippen molar-refractivity contribution in [3.63, 3.8) is 0 Å². The first-order valence-electron chi connectivity index (χ1n) is 13.2. The van der Waals surface area contributed by atoms with Crippen molar-refractivity contribution in [2.45, 2.75) is 17.1 Å². The highest BCUT2D eigenvalue weighted by atomic mass is 79.9. The Balaban J connectivity index is 1.43. The van der Waals surface area contributed by atoms with E-state index in [1.165, 1.54) is 18.9 Å². The molecule has 10 heteroatoms. The Hall–Kier alpha value is -4.54. The van der Waals surface area contributed by atoms with Gasteiger partial charge in [0.05, 0.1) is 25.2 Å². The molecule has 4 rings (SSSR count). The molecule has 0 saturated carbocycles. The number of amides is 3. The molecule has 0 bridgehead atoms. The van der Waals surface area contributed by atoms with E-state index in [0.29, 0.717) is 28.4 Å². The maximum atomic E-state index is 13.3. The third-order valence-corrected chi connectivity index (χ3v) is 7.81. The Morgan fingerprint density at radius 1 is 0.837 bits per heavy atom. The Labute approximate surface area is 263 Å². The summed E-state index contributed by atoms with van der Waals surface area (Å²) >= 11 is 4.77. The van der Waals surface area contributed by atoms with Gasteiger partial charge < -0.3 is 25.4 Å². The van der Waals surface area contributed by atoms with E-state index in [1.54, 1.807) is 74.7 Å². The lowest BCUT2D eigenvalue weighted by Crippen LogP contribution is -2.30. The standard InChI is InChI=1S/C33H30BrN3O5S/c1-21(31(38)36-28-20-26(41-2)15-18-30(28)42-3)43-27-16-13-25(14-17-27)35-33(40)29(19-22-9-11-24(34)12-10-22)37-32(39)23-7-5-4-6-8-23/h4-21H,1-3H3,(H,35,40)(H,36,38)(H,37,39)/b29-19-. The number of carbonyl (C=O) groups excluding carboxylic acids is 3. The Bertz CT molecular complexity index is 1610. The van der Waals surface area contributed by atoms with Gasteiger partial charge >= 0.3 is 0 Å². The Morgan fingerprint density at radius 3 is 2.19 bits per heavy atom. The van der Waals surface area contributed by atoms with E-state index in [1.807, 2.05) is 42.5 Å². The van der Waals surface area contributed by atoms with Crippen molar-refractivity contribution in [1.29, 1.82) is 0 Å². The lowest BCUT2D eigenvalue weighted by atomic mass is 10.1. The highest BCUT2D eigenvalue weighted by molar-refractivity contribution is 9.10. The topological polar surface area (TPSA) is 106 Å². The summed E-state index contributed by atoms with van der Waals surface area (Å²) in [5.74, 6) is 0.0477. The third-order valence-electron chi connectivity index (χ3n) is 6.17. The summed E-state index contributed by atoms with van der Waals surface area (Å²) in [7, 11) is 3.09. The maximum Gasteiger partial charge on any atom is 0.272 e. The monoisotopic (exact) mass is 659 g/mol. The van der Waals surface area contributed by atoms with Crippen molar-refractivity contribution in [3.8, 4) is 11.5 Å². The van der Waals surface area contributed by atoms with Crippen molar-refractivity contribution in [3.05, 3.63) is 118 Å². The van der Waals surface area contributed by atoms with Crippen LogP contribution in [0, 0.1) is 0 Å². The number of nitrogens with one attached hydrogen (secondary N) is 3. The fraction of sp³-hybridized carbons (Fsp3) is 0.121. The largest absolute Gasteiger partial charge is 0.497 e. The van der Waals surface area contributed by atoms with Crippen LogP contribution in [0.4, 0.5) is 11.4 Å². The van der Waals surface area contributed by atoms with E-state index in [9.17, 15) is 14.4 Å². The van der Waals surface area contributed by atoms with Gasteiger partial charge in [-0.2, -0.15) is 0 Å². The molecule has 1 unspecified atom stereocenters. The lowest BCUT2D eigenvalue weighted by Gasteiger charge is -2.15. The number of halogens is 1. The van der Waals surface area contributed by atoms with Gasteiger partial charge in [-0.1, -0.05) is 46.3 Å². The number of hydrogen-bond donors (Lipinski definition) is 3. The molecule has 8 nitrogen and oxygen atoms in total. The molecule has 43 heavy (non-hydrogen) atoms. The molecule has 0 aromatic heterocycles. The normalized spacial score (nSPS) is 11.7. The third kappa shape index (κ3) is 8.97. The number of hydrogen-bond acceptors (Lipinski definition) is 6. The van der Waals surface area contributed by atoms with Crippen LogP contribution in [0.15, 0.2) is 112 Å².